The van der Waals surface area contributed by atoms with Gasteiger partial charge in [-0.2, -0.15) is 0 Å². The Morgan fingerprint density at radius 1 is 1.33 bits per heavy atom. The van der Waals surface area contributed by atoms with E-state index in [0.29, 0.717) is 6.54 Å². The van der Waals surface area contributed by atoms with E-state index in [4.69, 9.17) is 9.72 Å². The number of thiazole rings is 1. The molecule has 0 radical (unpaired) electrons. The third kappa shape index (κ3) is 4.66. The number of hydrogen-bond donors (Lipinski definition) is 1. The summed E-state index contributed by atoms with van der Waals surface area (Å²) >= 11 is 1.78. The predicted octanol–water partition coefficient (Wildman–Crippen LogP) is 2.10. The molecule has 7 heteroatoms. The summed E-state index contributed by atoms with van der Waals surface area (Å²) < 4.78 is 6.83. The van der Waals surface area contributed by atoms with Crippen molar-refractivity contribution in [3.8, 4) is 0 Å². The molecule has 1 aromatic carbocycles. The van der Waals surface area contributed by atoms with Crippen LogP contribution in [-0.4, -0.2) is 72.2 Å². The number of nitrogens with zero attached hydrogens (tertiary/aromatic N) is 3. The molecule has 0 unspecified atom stereocenters. The molecule has 0 saturated carbocycles. The van der Waals surface area contributed by atoms with E-state index in [-0.39, 0.29) is 18.1 Å². The minimum Gasteiger partial charge on any atom is -0.376 e. The highest BCUT2D eigenvalue weighted by Gasteiger charge is 2.26. The molecule has 2 aromatic rings. The summed E-state index contributed by atoms with van der Waals surface area (Å²) in [6.45, 7) is 8.14. The number of benzene rings is 1. The minimum atomic E-state index is -0.0870. The van der Waals surface area contributed by atoms with E-state index in [9.17, 15) is 4.79 Å². The number of hydrogen-bond acceptors (Lipinski definition) is 6. The second-order valence-corrected chi connectivity index (χ2v) is 8.56. The van der Waals surface area contributed by atoms with Crippen LogP contribution in [0.3, 0.4) is 0 Å². The SMILES string of the molecule is C[C@H](C(=O)NC[C@H]1CCCO1)N1CCN(Cc2nc3ccccc3s2)CC1. The van der Waals surface area contributed by atoms with Crippen LogP contribution in [-0.2, 0) is 16.1 Å². The fourth-order valence-corrected chi connectivity index (χ4v) is 4.83. The summed E-state index contributed by atoms with van der Waals surface area (Å²) in [5, 5.41) is 4.23. The summed E-state index contributed by atoms with van der Waals surface area (Å²) in [5.41, 5.74) is 1.09. The maximum Gasteiger partial charge on any atom is 0.237 e. The molecule has 3 heterocycles. The van der Waals surface area contributed by atoms with E-state index in [1.54, 1.807) is 11.3 Å². The van der Waals surface area contributed by atoms with Crippen LogP contribution < -0.4 is 5.32 Å². The number of piperazine rings is 1. The average molecular weight is 389 g/mol. The Balaban J connectivity index is 1.23. The van der Waals surface area contributed by atoms with Gasteiger partial charge in [-0.15, -0.1) is 11.3 Å². The number of aromatic nitrogens is 1. The third-order valence-electron chi connectivity index (χ3n) is 5.56. The van der Waals surface area contributed by atoms with Crippen molar-refractivity contribution in [2.24, 2.45) is 0 Å². The number of ether oxygens (including phenoxy) is 1. The van der Waals surface area contributed by atoms with Crippen molar-refractivity contribution in [1.29, 1.82) is 0 Å². The fraction of sp³-hybridized carbons (Fsp3) is 0.600. The summed E-state index contributed by atoms with van der Waals surface area (Å²) in [4.78, 5) is 21.9. The Kier molecular flexibility index (Phi) is 6.02. The highest BCUT2D eigenvalue weighted by atomic mass is 32.1. The van der Waals surface area contributed by atoms with Crippen molar-refractivity contribution < 1.29 is 9.53 Å². The van der Waals surface area contributed by atoms with Gasteiger partial charge < -0.3 is 10.1 Å². The van der Waals surface area contributed by atoms with Crippen LogP contribution in [0, 0.1) is 0 Å². The normalized spacial score (nSPS) is 22.9. The first-order chi connectivity index (χ1) is 13.2. The first-order valence-corrected chi connectivity index (χ1v) is 10.7. The van der Waals surface area contributed by atoms with Gasteiger partial charge in [0, 0.05) is 39.3 Å². The number of nitrogens with one attached hydrogen (secondary N) is 1. The molecule has 0 bridgehead atoms. The lowest BCUT2D eigenvalue weighted by molar-refractivity contribution is -0.127. The largest absolute Gasteiger partial charge is 0.376 e. The van der Waals surface area contributed by atoms with Gasteiger partial charge in [-0.25, -0.2) is 4.98 Å². The average Bonchev–Trinajstić information content (AvgIpc) is 3.35. The topological polar surface area (TPSA) is 57.7 Å². The molecule has 27 heavy (non-hydrogen) atoms. The number of para-hydroxylation sites is 1. The van der Waals surface area contributed by atoms with Crippen LogP contribution in [0.4, 0.5) is 0 Å². The molecule has 6 nitrogen and oxygen atoms in total. The van der Waals surface area contributed by atoms with Gasteiger partial charge in [0.25, 0.3) is 0 Å². The van der Waals surface area contributed by atoms with Crippen molar-refractivity contribution in [2.45, 2.75) is 38.5 Å². The lowest BCUT2D eigenvalue weighted by Gasteiger charge is -2.37. The van der Waals surface area contributed by atoms with E-state index in [2.05, 4.69) is 33.3 Å². The van der Waals surface area contributed by atoms with Crippen molar-refractivity contribution >= 4 is 27.5 Å². The lowest BCUT2D eigenvalue weighted by atomic mass is 10.2. The molecule has 146 valence electrons. The van der Waals surface area contributed by atoms with Gasteiger partial charge >= 0.3 is 0 Å². The summed E-state index contributed by atoms with van der Waals surface area (Å²) in [7, 11) is 0. The van der Waals surface area contributed by atoms with Gasteiger partial charge in [0.05, 0.1) is 28.9 Å². The summed E-state index contributed by atoms with van der Waals surface area (Å²) in [5.74, 6) is 0.116. The predicted molar refractivity (Wildman–Crippen MR) is 108 cm³/mol. The van der Waals surface area contributed by atoms with E-state index in [1.807, 2.05) is 13.0 Å². The van der Waals surface area contributed by atoms with Crippen LogP contribution >= 0.6 is 11.3 Å². The van der Waals surface area contributed by atoms with Crippen molar-refractivity contribution in [3.63, 3.8) is 0 Å². The number of carbonyl (C=O) groups excluding carboxylic acids is 1. The second kappa shape index (κ2) is 8.65. The molecular weight excluding hydrogens is 360 g/mol. The van der Waals surface area contributed by atoms with E-state index in [1.165, 1.54) is 9.71 Å². The number of amides is 1. The Hall–Kier alpha value is -1.54. The van der Waals surface area contributed by atoms with Crippen LogP contribution in [0.25, 0.3) is 10.2 Å². The smallest absolute Gasteiger partial charge is 0.237 e. The fourth-order valence-electron chi connectivity index (χ4n) is 3.82. The highest BCUT2D eigenvalue weighted by Crippen LogP contribution is 2.23. The highest BCUT2D eigenvalue weighted by molar-refractivity contribution is 7.18. The van der Waals surface area contributed by atoms with Crippen LogP contribution in [0.1, 0.15) is 24.8 Å². The van der Waals surface area contributed by atoms with Crippen LogP contribution in [0.5, 0.6) is 0 Å². The zero-order valence-electron chi connectivity index (χ0n) is 15.9. The van der Waals surface area contributed by atoms with Gasteiger partial charge in [-0.05, 0) is 31.9 Å². The quantitative estimate of drug-likeness (QED) is 0.821. The molecule has 2 fully saturated rings. The lowest BCUT2D eigenvalue weighted by Crippen LogP contribution is -2.54. The van der Waals surface area contributed by atoms with E-state index < -0.39 is 0 Å². The van der Waals surface area contributed by atoms with Gasteiger partial charge in [0.15, 0.2) is 0 Å². The molecule has 2 atom stereocenters. The molecule has 2 saturated heterocycles. The van der Waals surface area contributed by atoms with Gasteiger partial charge in [0.1, 0.15) is 5.01 Å². The zero-order valence-corrected chi connectivity index (χ0v) is 16.7. The Morgan fingerprint density at radius 2 is 2.15 bits per heavy atom. The molecule has 0 spiro atoms. The van der Waals surface area contributed by atoms with Gasteiger partial charge in [-0.1, -0.05) is 12.1 Å². The third-order valence-corrected chi connectivity index (χ3v) is 6.58. The zero-order chi connectivity index (χ0) is 18.6. The number of rotatable bonds is 6. The van der Waals surface area contributed by atoms with E-state index in [0.717, 1.165) is 57.7 Å². The standard InChI is InChI=1S/C20H28N4O2S/c1-15(20(25)21-13-16-5-4-12-26-16)24-10-8-23(9-11-24)14-19-22-17-6-2-3-7-18(17)27-19/h2-3,6-7,15-16H,4-5,8-14H2,1H3,(H,21,25)/t15-,16-/m1/s1. The van der Waals surface area contributed by atoms with Gasteiger partial charge in [-0.3, -0.25) is 14.6 Å². The maximum atomic E-state index is 12.4. The monoisotopic (exact) mass is 388 g/mol. The second-order valence-electron chi connectivity index (χ2n) is 7.44. The molecule has 4 rings (SSSR count). The molecule has 0 aliphatic carbocycles. The van der Waals surface area contributed by atoms with Crippen LogP contribution in [0.2, 0.25) is 0 Å². The molecule has 2 aliphatic rings. The van der Waals surface area contributed by atoms with E-state index >= 15 is 0 Å². The minimum absolute atomic E-state index is 0.0870. The Labute approximate surface area is 164 Å². The van der Waals surface area contributed by atoms with Crippen molar-refractivity contribution in [1.82, 2.24) is 20.1 Å². The summed E-state index contributed by atoms with van der Waals surface area (Å²) in [6.07, 6.45) is 2.36. The Bertz CT molecular complexity index is 733. The molecule has 2 aliphatic heterocycles. The summed E-state index contributed by atoms with van der Waals surface area (Å²) in [6, 6.07) is 8.22. The molecule has 1 aromatic heterocycles. The molecule has 1 amide bonds. The molecule has 1 N–H and O–H groups in total. The van der Waals surface area contributed by atoms with Crippen LogP contribution in [0.15, 0.2) is 24.3 Å². The maximum absolute atomic E-state index is 12.4. The van der Waals surface area contributed by atoms with Crippen molar-refractivity contribution in [2.75, 3.05) is 39.3 Å². The first-order valence-electron chi connectivity index (χ1n) is 9.89. The van der Waals surface area contributed by atoms with Crippen molar-refractivity contribution in [3.05, 3.63) is 29.3 Å². The van der Waals surface area contributed by atoms with Gasteiger partial charge in [0.2, 0.25) is 5.91 Å². The molecular formula is C20H28N4O2S. The Morgan fingerprint density at radius 3 is 2.89 bits per heavy atom. The number of carbonyl (C=O) groups is 1. The number of fused-ring (bicyclic) bond motifs is 1. The first kappa shape index (κ1) is 18.8.